The summed E-state index contributed by atoms with van der Waals surface area (Å²) in [5.74, 6) is -1.45. The van der Waals surface area contributed by atoms with Gasteiger partial charge in [-0.1, -0.05) is 11.6 Å². The molecule has 0 radical (unpaired) electrons. The smallest absolute Gasteiger partial charge is 0.129 e. The molecule has 7 heteroatoms. The van der Waals surface area contributed by atoms with E-state index in [1.807, 2.05) is 0 Å². The predicted octanol–water partition coefficient (Wildman–Crippen LogP) is 2.80. The lowest BCUT2D eigenvalue weighted by molar-refractivity contribution is 0.125. The fourth-order valence-corrected chi connectivity index (χ4v) is 1.98. The van der Waals surface area contributed by atoms with Crippen LogP contribution in [-0.2, 0) is 0 Å². The molecule has 0 fully saturated rings. The minimum absolute atomic E-state index is 0.0239. The monoisotopic (exact) mass is 342 g/mol. The van der Waals surface area contributed by atoms with Gasteiger partial charge in [-0.05, 0) is 24.3 Å². The van der Waals surface area contributed by atoms with Crippen LogP contribution in [0.3, 0.4) is 0 Å². The van der Waals surface area contributed by atoms with E-state index in [0.717, 1.165) is 23.9 Å². The number of hydrogen-bond acceptors (Lipinski definition) is 4. The fraction of sp³-hybridized carbons (Fsp3) is 0.250. The van der Waals surface area contributed by atoms with E-state index in [-0.39, 0.29) is 18.9 Å². The highest BCUT2D eigenvalue weighted by Crippen LogP contribution is 2.16. The Morgan fingerprint density at radius 1 is 1.13 bits per heavy atom. The van der Waals surface area contributed by atoms with Gasteiger partial charge in [0.05, 0.1) is 12.1 Å². The first-order valence-electron chi connectivity index (χ1n) is 6.96. The number of nitrogens with one attached hydrogen (secondary N) is 1. The number of halogens is 3. The van der Waals surface area contributed by atoms with E-state index in [9.17, 15) is 13.9 Å². The fourth-order valence-electron chi connectivity index (χ4n) is 1.86. The molecule has 0 aromatic heterocycles. The third kappa shape index (κ3) is 5.67. The summed E-state index contributed by atoms with van der Waals surface area (Å²) in [6.45, 7) is 0.121. The second-order valence-electron chi connectivity index (χ2n) is 5.04. The van der Waals surface area contributed by atoms with Crippen molar-refractivity contribution in [1.29, 1.82) is 0 Å². The van der Waals surface area contributed by atoms with Crippen LogP contribution < -0.4 is 15.8 Å². The molecule has 0 amide bonds. The Labute approximate surface area is 137 Å². The summed E-state index contributed by atoms with van der Waals surface area (Å²) < 4.78 is 31.3. The second-order valence-corrected chi connectivity index (χ2v) is 5.47. The Morgan fingerprint density at radius 2 is 1.74 bits per heavy atom. The maximum absolute atomic E-state index is 13.0. The molecule has 0 spiro atoms. The molecule has 0 saturated heterocycles. The topological polar surface area (TPSA) is 67.5 Å². The number of anilines is 1. The zero-order chi connectivity index (χ0) is 16.8. The Kier molecular flexibility index (Phi) is 6.15. The summed E-state index contributed by atoms with van der Waals surface area (Å²) in [6, 6.07) is 9.11. The molecule has 2 aromatic rings. The Bertz CT molecular complexity index is 620. The maximum Gasteiger partial charge on any atom is 0.129 e. The lowest BCUT2D eigenvalue weighted by Gasteiger charge is -2.20. The first kappa shape index (κ1) is 17.5. The number of nitrogens with two attached hydrogens (primary N) is 1. The minimum atomic E-state index is -0.899. The number of rotatable bonds is 7. The van der Waals surface area contributed by atoms with Gasteiger partial charge in [0, 0.05) is 35.5 Å². The number of hydrogen-bond donors (Lipinski definition) is 3. The second kappa shape index (κ2) is 8.10. The molecule has 0 unspecified atom stereocenters. The van der Waals surface area contributed by atoms with Crippen molar-refractivity contribution in [3.8, 4) is 5.75 Å². The summed E-state index contributed by atoms with van der Waals surface area (Å²) in [5, 5.41) is 13.6. The highest BCUT2D eigenvalue weighted by atomic mass is 35.5. The van der Waals surface area contributed by atoms with Crippen molar-refractivity contribution >= 4 is 17.3 Å². The summed E-state index contributed by atoms with van der Waals surface area (Å²) >= 11 is 5.78. The molecule has 23 heavy (non-hydrogen) atoms. The van der Waals surface area contributed by atoms with Gasteiger partial charge >= 0.3 is 0 Å². The van der Waals surface area contributed by atoms with Crippen LogP contribution in [0.1, 0.15) is 0 Å². The Morgan fingerprint density at radius 3 is 2.35 bits per heavy atom. The molecule has 0 saturated carbocycles. The number of ether oxygens (including phenoxy) is 1. The minimum Gasteiger partial charge on any atom is -0.492 e. The van der Waals surface area contributed by atoms with E-state index in [2.05, 4.69) is 5.32 Å². The first-order chi connectivity index (χ1) is 10.9. The van der Waals surface area contributed by atoms with Crippen molar-refractivity contribution in [2.24, 2.45) is 5.73 Å². The highest BCUT2D eigenvalue weighted by Gasteiger charge is 2.16. The normalized spacial score (nSPS) is 13.4. The van der Waals surface area contributed by atoms with Crippen molar-refractivity contribution in [1.82, 2.24) is 0 Å². The molecule has 0 aliphatic carbocycles. The zero-order valence-corrected chi connectivity index (χ0v) is 12.9. The van der Waals surface area contributed by atoms with Crippen LogP contribution in [0.15, 0.2) is 42.5 Å². The molecular formula is C16H17ClF2N2O2. The summed E-state index contributed by atoms with van der Waals surface area (Å²) in [7, 11) is 0. The quantitative estimate of drug-likeness (QED) is 0.724. The molecule has 4 N–H and O–H groups in total. The summed E-state index contributed by atoms with van der Waals surface area (Å²) in [4.78, 5) is 0. The van der Waals surface area contributed by atoms with Crippen LogP contribution in [0.5, 0.6) is 5.75 Å². The van der Waals surface area contributed by atoms with Crippen LogP contribution in [0.2, 0.25) is 5.02 Å². The molecule has 0 bridgehead atoms. The van der Waals surface area contributed by atoms with Gasteiger partial charge in [-0.3, -0.25) is 0 Å². The van der Waals surface area contributed by atoms with Gasteiger partial charge in [-0.25, -0.2) is 8.78 Å². The molecule has 2 rings (SSSR count). The Balaban J connectivity index is 1.80. The van der Waals surface area contributed by atoms with Crippen molar-refractivity contribution < 1.29 is 18.6 Å². The number of aliphatic hydroxyl groups is 1. The van der Waals surface area contributed by atoms with Crippen LogP contribution in [0.25, 0.3) is 0 Å². The molecule has 124 valence electrons. The highest BCUT2D eigenvalue weighted by molar-refractivity contribution is 6.30. The van der Waals surface area contributed by atoms with Crippen molar-refractivity contribution in [2.45, 2.75) is 12.1 Å². The van der Waals surface area contributed by atoms with E-state index in [1.165, 1.54) is 0 Å². The van der Waals surface area contributed by atoms with E-state index >= 15 is 0 Å². The third-order valence-corrected chi connectivity index (χ3v) is 3.38. The van der Waals surface area contributed by atoms with E-state index in [4.69, 9.17) is 22.1 Å². The van der Waals surface area contributed by atoms with Crippen molar-refractivity contribution in [3.05, 3.63) is 59.1 Å². The molecule has 0 heterocycles. The van der Waals surface area contributed by atoms with E-state index < -0.39 is 23.8 Å². The van der Waals surface area contributed by atoms with Gasteiger partial charge in [-0.15, -0.1) is 0 Å². The van der Waals surface area contributed by atoms with Crippen LogP contribution in [0, 0.1) is 11.6 Å². The van der Waals surface area contributed by atoms with Gasteiger partial charge in [0.15, 0.2) is 0 Å². The number of benzene rings is 2. The van der Waals surface area contributed by atoms with Crippen LogP contribution >= 0.6 is 11.6 Å². The molecular weight excluding hydrogens is 326 g/mol. The average molecular weight is 343 g/mol. The van der Waals surface area contributed by atoms with E-state index in [0.29, 0.717) is 5.02 Å². The zero-order valence-electron chi connectivity index (χ0n) is 12.2. The first-order valence-corrected chi connectivity index (χ1v) is 7.34. The van der Waals surface area contributed by atoms with Crippen molar-refractivity contribution in [3.63, 3.8) is 0 Å². The summed E-state index contributed by atoms with van der Waals surface area (Å²) in [6.07, 6.45) is -0.899. The van der Waals surface area contributed by atoms with Crippen LogP contribution in [0.4, 0.5) is 14.5 Å². The molecule has 2 atom stereocenters. The van der Waals surface area contributed by atoms with E-state index in [1.54, 1.807) is 24.3 Å². The lowest BCUT2D eigenvalue weighted by atomic mass is 10.2. The summed E-state index contributed by atoms with van der Waals surface area (Å²) in [5.41, 5.74) is 6.59. The maximum atomic E-state index is 13.0. The van der Waals surface area contributed by atoms with Gasteiger partial charge in [0.2, 0.25) is 0 Å². The van der Waals surface area contributed by atoms with Gasteiger partial charge in [0.1, 0.15) is 24.0 Å². The molecule has 0 aliphatic rings. The number of aliphatic hydroxyl groups excluding tert-OH is 1. The lowest BCUT2D eigenvalue weighted by Crippen LogP contribution is -2.43. The molecule has 0 aliphatic heterocycles. The SMILES string of the molecule is N[C@@H](COc1cc(F)cc(F)c1)[C@H](O)CNc1ccc(Cl)cc1. The standard InChI is InChI=1S/C16H17ClF2N2O2/c17-10-1-3-13(4-2-10)21-8-16(22)15(20)9-23-14-6-11(18)5-12(19)7-14/h1-7,15-16,21-22H,8-9,20H2/t15-,16+/m0/s1. The third-order valence-electron chi connectivity index (χ3n) is 3.13. The Hall–Kier alpha value is -1.89. The molecule has 2 aromatic carbocycles. The average Bonchev–Trinajstić information content (AvgIpc) is 2.51. The van der Waals surface area contributed by atoms with Crippen LogP contribution in [-0.4, -0.2) is 30.4 Å². The predicted molar refractivity (Wildman–Crippen MR) is 85.8 cm³/mol. The van der Waals surface area contributed by atoms with Gasteiger partial charge in [0.25, 0.3) is 0 Å². The largest absolute Gasteiger partial charge is 0.492 e. The van der Waals surface area contributed by atoms with Gasteiger partial charge in [-0.2, -0.15) is 0 Å². The van der Waals surface area contributed by atoms with Crippen molar-refractivity contribution in [2.75, 3.05) is 18.5 Å². The molecule has 4 nitrogen and oxygen atoms in total. The van der Waals surface area contributed by atoms with Gasteiger partial charge < -0.3 is 20.9 Å².